The van der Waals surface area contributed by atoms with Gasteiger partial charge in [-0.05, 0) is 43.3 Å². The van der Waals surface area contributed by atoms with Crippen molar-refractivity contribution in [2.24, 2.45) is 0 Å². The van der Waals surface area contributed by atoms with Gasteiger partial charge >= 0.3 is 5.97 Å². The second-order valence-electron chi connectivity index (χ2n) is 6.94. The molecule has 4 rings (SSSR count). The summed E-state index contributed by atoms with van der Waals surface area (Å²) in [7, 11) is 3.07. The summed E-state index contributed by atoms with van der Waals surface area (Å²) >= 11 is 0. The van der Waals surface area contributed by atoms with Crippen LogP contribution >= 0.6 is 0 Å². The van der Waals surface area contributed by atoms with Gasteiger partial charge in [0.1, 0.15) is 11.5 Å². The first-order chi connectivity index (χ1) is 15.0. The summed E-state index contributed by atoms with van der Waals surface area (Å²) in [6.07, 6.45) is 1.60. The Kier molecular flexibility index (Phi) is 5.45. The second kappa shape index (κ2) is 8.36. The maximum Gasteiger partial charge on any atom is 0.343 e. The molecule has 0 radical (unpaired) electrons. The number of aryl methyl sites for hydroxylation is 1. The number of ether oxygens (including phenoxy) is 4. The normalized spacial score (nSPS) is 13.5. The molecule has 6 nitrogen and oxygen atoms in total. The number of para-hydroxylation sites is 1. The SMILES string of the molecule is COc1cccc(/C=C2\Oc3cc(OC(=O)c4cccc(C)c4)ccc3C2=O)c1OC. The van der Waals surface area contributed by atoms with Crippen LogP contribution in [0.3, 0.4) is 0 Å². The third-order valence-electron chi connectivity index (χ3n) is 4.83. The van der Waals surface area contributed by atoms with Crippen LogP contribution in [0.5, 0.6) is 23.0 Å². The Bertz CT molecular complexity index is 1210. The lowest BCUT2D eigenvalue weighted by Gasteiger charge is -2.10. The first-order valence-electron chi connectivity index (χ1n) is 9.58. The Morgan fingerprint density at radius 3 is 2.52 bits per heavy atom. The van der Waals surface area contributed by atoms with Crippen LogP contribution in [0.1, 0.15) is 31.8 Å². The van der Waals surface area contributed by atoms with Crippen molar-refractivity contribution in [1.29, 1.82) is 0 Å². The van der Waals surface area contributed by atoms with E-state index in [1.165, 1.54) is 13.2 Å². The first-order valence-corrected chi connectivity index (χ1v) is 9.58. The summed E-state index contributed by atoms with van der Waals surface area (Å²) in [4.78, 5) is 25.2. The molecule has 0 N–H and O–H groups in total. The van der Waals surface area contributed by atoms with E-state index in [4.69, 9.17) is 18.9 Å². The minimum Gasteiger partial charge on any atom is -0.493 e. The fourth-order valence-corrected chi connectivity index (χ4v) is 3.34. The maximum atomic E-state index is 12.8. The highest BCUT2D eigenvalue weighted by Gasteiger charge is 2.28. The first kappa shape index (κ1) is 20.2. The van der Waals surface area contributed by atoms with Crippen LogP contribution in [0.25, 0.3) is 6.08 Å². The number of Topliss-reactive ketones (excluding diaryl/α,β-unsaturated/α-hetero) is 1. The summed E-state index contributed by atoms with van der Waals surface area (Å²) in [5.74, 6) is 1.05. The van der Waals surface area contributed by atoms with E-state index in [0.717, 1.165) is 5.56 Å². The van der Waals surface area contributed by atoms with Gasteiger partial charge in [0.25, 0.3) is 0 Å². The highest BCUT2D eigenvalue weighted by molar-refractivity contribution is 6.14. The van der Waals surface area contributed by atoms with Crippen molar-refractivity contribution >= 4 is 17.8 Å². The van der Waals surface area contributed by atoms with Gasteiger partial charge in [0.2, 0.25) is 5.78 Å². The number of fused-ring (bicyclic) bond motifs is 1. The van der Waals surface area contributed by atoms with E-state index in [1.807, 2.05) is 13.0 Å². The number of carbonyl (C=O) groups excluding carboxylic acids is 2. The average Bonchev–Trinajstić information content (AvgIpc) is 3.08. The number of allylic oxidation sites excluding steroid dienone is 1. The summed E-state index contributed by atoms with van der Waals surface area (Å²) in [6, 6.07) is 17.2. The zero-order valence-corrected chi connectivity index (χ0v) is 17.3. The molecule has 3 aromatic carbocycles. The predicted octanol–water partition coefficient (Wildman–Crippen LogP) is 4.85. The van der Waals surface area contributed by atoms with Gasteiger partial charge in [-0.25, -0.2) is 4.79 Å². The Morgan fingerprint density at radius 2 is 1.77 bits per heavy atom. The van der Waals surface area contributed by atoms with E-state index in [-0.39, 0.29) is 11.5 Å². The largest absolute Gasteiger partial charge is 0.493 e. The number of methoxy groups -OCH3 is 2. The van der Waals surface area contributed by atoms with Crippen molar-refractivity contribution in [3.63, 3.8) is 0 Å². The fraction of sp³-hybridized carbons (Fsp3) is 0.120. The molecule has 0 fully saturated rings. The molecule has 0 saturated heterocycles. The molecule has 6 heteroatoms. The third-order valence-corrected chi connectivity index (χ3v) is 4.83. The van der Waals surface area contributed by atoms with E-state index < -0.39 is 5.97 Å². The molecule has 1 heterocycles. The van der Waals surface area contributed by atoms with Gasteiger partial charge in [-0.3, -0.25) is 4.79 Å². The van der Waals surface area contributed by atoms with Crippen LogP contribution < -0.4 is 18.9 Å². The lowest BCUT2D eigenvalue weighted by molar-refractivity contribution is 0.0734. The van der Waals surface area contributed by atoms with Crippen molar-refractivity contribution in [2.45, 2.75) is 6.92 Å². The van der Waals surface area contributed by atoms with Crippen molar-refractivity contribution in [3.05, 3.63) is 88.7 Å². The molecule has 3 aromatic rings. The van der Waals surface area contributed by atoms with Crippen LogP contribution in [0.15, 0.2) is 66.4 Å². The Labute approximate surface area is 179 Å². The van der Waals surface area contributed by atoms with E-state index in [9.17, 15) is 9.59 Å². The van der Waals surface area contributed by atoms with Crippen LogP contribution in [0.2, 0.25) is 0 Å². The summed E-state index contributed by atoms with van der Waals surface area (Å²) in [6.45, 7) is 1.90. The van der Waals surface area contributed by atoms with Gasteiger partial charge < -0.3 is 18.9 Å². The maximum absolute atomic E-state index is 12.8. The van der Waals surface area contributed by atoms with Crippen LogP contribution in [0, 0.1) is 6.92 Å². The number of esters is 1. The molecule has 1 aliphatic heterocycles. The van der Waals surface area contributed by atoms with E-state index in [0.29, 0.717) is 39.7 Å². The number of hydrogen-bond donors (Lipinski definition) is 0. The van der Waals surface area contributed by atoms with Crippen molar-refractivity contribution in [3.8, 4) is 23.0 Å². The van der Waals surface area contributed by atoms with Gasteiger partial charge in [-0.2, -0.15) is 0 Å². The second-order valence-corrected chi connectivity index (χ2v) is 6.94. The minimum absolute atomic E-state index is 0.142. The highest BCUT2D eigenvalue weighted by atomic mass is 16.5. The Hall–Kier alpha value is -4.06. The molecule has 0 aliphatic carbocycles. The topological polar surface area (TPSA) is 71.1 Å². The van der Waals surface area contributed by atoms with E-state index in [2.05, 4.69) is 0 Å². The number of rotatable bonds is 5. The Balaban J connectivity index is 1.59. The Morgan fingerprint density at radius 1 is 0.968 bits per heavy atom. The van der Waals surface area contributed by atoms with E-state index in [1.54, 1.807) is 61.7 Å². The van der Waals surface area contributed by atoms with Crippen LogP contribution in [0.4, 0.5) is 0 Å². The number of benzene rings is 3. The number of ketones is 1. The predicted molar refractivity (Wildman–Crippen MR) is 115 cm³/mol. The standard InChI is InChI=1S/C25H20O6/c1-15-6-4-8-17(12-15)25(27)30-18-10-11-19-21(14-18)31-22(23(19)26)13-16-7-5-9-20(28-2)24(16)29-3/h4-14H,1-3H3/b22-13-. The summed E-state index contributed by atoms with van der Waals surface area (Å²) in [5.41, 5.74) is 2.44. The summed E-state index contributed by atoms with van der Waals surface area (Å²) in [5, 5.41) is 0. The van der Waals surface area contributed by atoms with Gasteiger partial charge in [0.15, 0.2) is 17.3 Å². The van der Waals surface area contributed by atoms with Gasteiger partial charge in [0, 0.05) is 11.6 Å². The fourth-order valence-electron chi connectivity index (χ4n) is 3.34. The molecule has 1 aliphatic rings. The van der Waals surface area contributed by atoms with Gasteiger partial charge in [0.05, 0.1) is 25.3 Å². The van der Waals surface area contributed by atoms with Crippen molar-refractivity contribution in [2.75, 3.05) is 14.2 Å². The van der Waals surface area contributed by atoms with Gasteiger partial charge in [-0.15, -0.1) is 0 Å². The van der Waals surface area contributed by atoms with Crippen LogP contribution in [-0.4, -0.2) is 26.0 Å². The zero-order chi connectivity index (χ0) is 22.0. The monoisotopic (exact) mass is 416 g/mol. The number of carbonyl (C=O) groups is 2. The molecule has 0 aromatic heterocycles. The molecule has 0 spiro atoms. The molecule has 0 amide bonds. The molecule has 31 heavy (non-hydrogen) atoms. The van der Waals surface area contributed by atoms with Gasteiger partial charge in [-0.1, -0.05) is 29.8 Å². The molecule has 0 unspecified atom stereocenters. The smallest absolute Gasteiger partial charge is 0.343 e. The molecular formula is C25H20O6. The summed E-state index contributed by atoms with van der Waals surface area (Å²) < 4.78 is 21.9. The van der Waals surface area contributed by atoms with Crippen molar-refractivity contribution in [1.82, 2.24) is 0 Å². The molecule has 0 bridgehead atoms. The zero-order valence-electron chi connectivity index (χ0n) is 17.3. The minimum atomic E-state index is -0.482. The highest BCUT2D eigenvalue weighted by Crippen LogP contribution is 2.37. The average molecular weight is 416 g/mol. The van der Waals surface area contributed by atoms with E-state index >= 15 is 0 Å². The number of hydrogen-bond acceptors (Lipinski definition) is 6. The lowest BCUT2D eigenvalue weighted by atomic mass is 10.1. The molecular weight excluding hydrogens is 396 g/mol. The lowest BCUT2D eigenvalue weighted by Crippen LogP contribution is -2.08. The van der Waals surface area contributed by atoms with Crippen molar-refractivity contribution < 1.29 is 28.5 Å². The quantitative estimate of drug-likeness (QED) is 0.336. The molecule has 156 valence electrons. The molecule has 0 atom stereocenters. The third kappa shape index (κ3) is 4.00. The molecule has 0 saturated carbocycles. The van der Waals surface area contributed by atoms with Crippen LogP contribution in [-0.2, 0) is 0 Å².